The van der Waals surface area contributed by atoms with Gasteiger partial charge in [-0.2, -0.15) is 18.2 Å². The molecule has 2 aromatic rings. The number of halogens is 3. The highest BCUT2D eigenvalue weighted by atomic mass is 19.4. The summed E-state index contributed by atoms with van der Waals surface area (Å²) in [4.78, 5) is 18.9. The fraction of sp³-hybridized carbons (Fsp3) is 0.333. The Bertz CT molecular complexity index is 598. The number of carbonyl (C=O) groups excluding carboxylic acids is 1. The second-order valence-corrected chi connectivity index (χ2v) is 4.14. The van der Waals surface area contributed by atoms with Crippen molar-refractivity contribution < 1.29 is 22.5 Å². The van der Waals surface area contributed by atoms with Gasteiger partial charge in [0, 0.05) is 30.9 Å². The van der Waals surface area contributed by atoms with Gasteiger partial charge in [-0.1, -0.05) is 5.16 Å². The number of aromatic nitrogens is 3. The lowest BCUT2D eigenvalue weighted by Crippen LogP contribution is -2.30. The fourth-order valence-corrected chi connectivity index (χ4v) is 1.53. The predicted molar refractivity (Wildman–Crippen MR) is 64.9 cm³/mol. The van der Waals surface area contributed by atoms with E-state index in [9.17, 15) is 18.0 Å². The zero-order valence-electron chi connectivity index (χ0n) is 10.7. The van der Waals surface area contributed by atoms with Gasteiger partial charge in [0.25, 0.3) is 5.89 Å². The molecule has 0 bridgehead atoms. The molecule has 6 nitrogen and oxygen atoms in total. The van der Waals surface area contributed by atoms with Crippen LogP contribution in [0.1, 0.15) is 12.2 Å². The van der Waals surface area contributed by atoms with Crippen molar-refractivity contribution in [2.75, 3.05) is 6.54 Å². The van der Waals surface area contributed by atoms with Crippen LogP contribution in [0.25, 0.3) is 11.5 Å². The summed E-state index contributed by atoms with van der Waals surface area (Å²) in [6.45, 7) is 0.00420. The van der Waals surface area contributed by atoms with Gasteiger partial charge < -0.3 is 9.84 Å². The lowest BCUT2D eigenvalue weighted by Gasteiger charge is -2.06. The second kappa shape index (κ2) is 6.33. The Labute approximate surface area is 117 Å². The number of nitrogens with one attached hydrogen (secondary N) is 1. The average Bonchev–Trinajstić information content (AvgIpc) is 2.86. The summed E-state index contributed by atoms with van der Waals surface area (Å²) in [6.07, 6.45) is -2.70. The number of nitrogens with zero attached hydrogens (tertiary/aromatic N) is 3. The van der Waals surface area contributed by atoms with E-state index < -0.39 is 18.5 Å². The van der Waals surface area contributed by atoms with Crippen molar-refractivity contribution in [3.8, 4) is 11.5 Å². The number of alkyl halides is 3. The largest absolute Gasteiger partial charge is 0.397 e. The lowest BCUT2D eigenvalue weighted by molar-refractivity contribution is -0.153. The van der Waals surface area contributed by atoms with E-state index >= 15 is 0 Å². The molecule has 0 radical (unpaired) electrons. The molecule has 2 heterocycles. The van der Waals surface area contributed by atoms with Crippen LogP contribution in [-0.2, 0) is 11.2 Å². The summed E-state index contributed by atoms with van der Waals surface area (Å²) < 4.78 is 40.8. The van der Waals surface area contributed by atoms with Crippen LogP contribution in [-0.4, -0.2) is 33.8 Å². The molecule has 1 N–H and O–H groups in total. The fourth-order valence-electron chi connectivity index (χ4n) is 1.53. The van der Waals surface area contributed by atoms with Crippen LogP contribution in [0.4, 0.5) is 13.2 Å². The molecule has 0 aromatic carbocycles. The van der Waals surface area contributed by atoms with Crippen LogP contribution in [0.2, 0.25) is 0 Å². The molecule has 0 aliphatic rings. The van der Waals surface area contributed by atoms with Crippen LogP contribution in [0.5, 0.6) is 0 Å². The zero-order valence-corrected chi connectivity index (χ0v) is 10.7. The molecule has 0 aliphatic carbocycles. The van der Waals surface area contributed by atoms with Crippen LogP contribution in [0, 0.1) is 0 Å². The smallest absolute Gasteiger partial charge is 0.355 e. The Kier molecular flexibility index (Phi) is 4.51. The van der Waals surface area contributed by atoms with Crippen molar-refractivity contribution >= 4 is 5.91 Å². The van der Waals surface area contributed by atoms with Crippen LogP contribution >= 0.6 is 0 Å². The van der Waals surface area contributed by atoms with Crippen LogP contribution in [0.15, 0.2) is 29.0 Å². The minimum atomic E-state index is -4.51. The summed E-state index contributed by atoms with van der Waals surface area (Å²) in [7, 11) is 0. The van der Waals surface area contributed by atoms with Gasteiger partial charge in [-0.3, -0.25) is 9.78 Å². The van der Waals surface area contributed by atoms with E-state index in [0.29, 0.717) is 11.4 Å². The summed E-state index contributed by atoms with van der Waals surface area (Å²) >= 11 is 0. The lowest BCUT2D eigenvalue weighted by atomic mass is 10.3. The van der Waals surface area contributed by atoms with Crippen molar-refractivity contribution in [2.24, 2.45) is 0 Å². The Morgan fingerprint density at radius 3 is 2.67 bits per heavy atom. The normalized spacial score (nSPS) is 11.4. The highest BCUT2D eigenvalue weighted by Gasteiger charge is 2.30. The van der Waals surface area contributed by atoms with E-state index in [1.165, 1.54) is 0 Å². The summed E-state index contributed by atoms with van der Waals surface area (Å²) in [6, 6.07) is 3.37. The molecule has 0 atom stereocenters. The third-order valence-corrected chi connectivity index (χ3v) is 2.43. The molecule has 0 fully saturated rings. The van der Waals surface area contributed by atoms with Crippen LogP contribution in [0.3, 0.4) is 0 Å². The first-order chi connectivity index (χ1) is 9.94. The first-order valence-electron chi connectivity index (χ1n) is 6.00. The quantitative estimate of drug-likeness (QED) is 0.909. The maximum absolute atomic E-state index is 11.9. The number of hydrogen-bond acceptors (Lipinski definition) is 5. The Balaban J connectivity index is 1.83. The topological polar surface area (TPSA) is 80.9 Å². The van der Waals surface area contributed by atoms with Gasteiger partial charge in [-0.25, -0.2) is 0 Å². The number of hydrogen-bond donors (Lipinski definition) is 1. The summed E-state index contributed by atoms with van der Waals surface area (Å²) in [5, 5.41) is 5.83. The van der Waals surface area contributed by atoms with Gasteiger partial charge in [0.05, 0.1) is 0 Å². The summed E-state index contributed by atoms with van der Waals surface area (Å²) in [5.41, 5.74) is 0.685. The Morgan fingerprint density at radius 1 is 1.29 bits per heavy atom. The molecule has 2 aromatic heterocycles. The third-order valence-electron chi connectivity index (χ3n) is 2.43. The van der Waals surface area contributed by atoms with E-state index in [-0.39, 0.29) is 18.9 Å². The SMILES string of the molecule is O=C(CC(F)(F)F)NCCc1noc(-c2ccncc2)n1. The van der Waals surface area contributed by atoms with Crippen molar-refractivity contribution in [3.05, 3.63) is 30.4 Å². The van der Waals surface area contributed by atoms with Crippen molar-refractivity contribution in [1.29, 1.82) is 0 Å². The summed E-state index contributed by atoms with van der Waals surface area (Å²) in [5.74, 6) is -0.497. The molecular formula is C12H11F3N4O2. The molecule has 112 valence electrons. The Hall–Kier alpha value is -2.45. The third kappa shape index (κ3) is 4.86. The van der Waals surface area contributed by atoms with E-state index in [2.05, 4.69) is 20.4 Å². The van der Waals surface area contributed by atoms with Gasteiger partial charge in [0.1, 0.15) is 6.42 Å². The molecule has 0 saturated carbocycles. The van der Waals surface area contributed by atoms with Gasteiger partial charge in [-0.15, -0.1) is 0 Å². The van der Waals surface area contributed by atoms with Gasteiger partial charge in [-0.05, 0) is 12.1 Å². The number of rotatable bonds is 5. The van der Waals surface area contributed by atoms with E-state index in [0.717, 1.165) is 0 Å². The first kappa shape index (κ1) is 14.9. The number of carbonyl (C=O) groups is 1. The van der Waals surface area contributed by atoms with Crippen molar-refractivity contribution in [2.45, 2.75) is 19.0 Å². The molecule has 0 aliphatic heterocycles. The molecule has 9 heteroatoms. The monoisotopic (exact) mass is 300 g/mol. The first-order valence-corrected chi connectivity index (χ1v) is 6.00. The molecule has 0 spiro atoms. The van der Waals surface area contributed by atoms with Gasteiger partial charge >= 0.3 is 6.18 Å². The van der Waals surface area contributed by atoms with Crippen molar-refractivity contribution in [3.63, 3.8) is 0 Å². The van der Waals surface area contributed by atoms with Crippen LogP contribution < -0.4 is 5.32 Å². The zero-order chi connectivity index (χ0) is 15.3. The number of pyridine rings is 1. The van der Waals surface area contributed by atoms with E-state index in [4.69, 9.17) is 4.52 Å². The highest BCUT2D eigenvalue weighted by molar-refractivity contribution is 5.76. The molecular weight excluding hydrogens is 289 g/mol. The number of amides is 1. The van der Waals surface area contributed by atoms with Crippen molar-refractivity contribution in [1.82, 2.24) is 20.4 Å². The minimum absolute atomic E-state index is 0.00420. The minimum Gasteiger partial charge on any atom is -0.355 e. The van der Waals surface area contributed by atoms with Gasteiger partial charge in [0.15, 0.2) is 5.82 Å². The standard InChI is InChI=1S/C12H11F3N4O2/c13-12(14,15)7-10(20)17-6-3-9-18-11(21-19-9)8-1-4-16-5-2-8/h1-2,4-5H,3,6-7H2,(H,17,20). The predicted octanol–water partition coefficient (Wildman–Crippen LogP) is 1.74. The molecule has 0 unspecified atom stereocenters. The molecule has 2 rings (SSSR count). The van der Waals surface area contributed by atoms with E-state index in [1.807, 2.05) is 0 Å². The van der Waals surface area contributed by atoms with Gasteiger partial charge in [0.2, 0.25) is 5.91 Å². The molecule has 1 amide bonds. The maximum atomic E-state index is 11.9. The molecule has 0 saturated heterocycles. The van der Waals surface area contributed by atoms with E-state index in [1.54, 1.807) is 24.5 Å². The average molecular weight is 300 g/mol. The maximum Gasteiger partial charge on any atom is 0.397 e. The second-order valence-electron chi connectivity index (χ2n) is 4.14. The Morgan fingerprint density at radius 2 is 2.00 bits per heavy atom. The highest BCUT2D eigenvalue weighted by Crippen LogP contribution is 2.19. The molecule has 21 heavy (non-hydrogen) atoms.